The van der Waals surface area contributed by atoms with Gasteiger partial charge in [-0.15, -0.1) is 11.3 Å². The zero-order valence-electron chi connectivity index (χ0n) is 27.0. The molecule has 1 aromatic heterocycles. The van der Waals surface area contributed by atoms with E-state index >= 15 is 0 Å². The van der Waals surface area contributed by atoms with E-state index in [1.807, 2.05) is 30.6 Å². The summed E-state index contributed by atoms with van der Waals surface area (Å²) < 4.78 is 0. The molecule has 2 fully saturated rings. The number of aryl methyl sites for hydroxylation is 1. The van der Waals surface area contributed by atoms with Gasteiger partial charge in [-0.3, -0.25) is 19.2 Å². The molecule has 2 saturated heterocycles. The fraction of sp³-hybridized carbons (Fsp3) is 0.781. The summed E-state index contributed by atoms with van der Waals surface area (Å²) >= 11 is 1.65. The Kier molecular flexibility index (Phi) is 10.9. The van der Waals surface area contributed by atoms with Crippen LogP contribution in [0.15, 0.2) is 0 Å². The van der Waals surface area contributed by atoms with Crippen LogP contribution >= 0.6 is 11.3 Å². The maximum absolute atomic E-state index is 13.5. The number of rotatable bonds is 3. The highest BCUT2D eigenvalue weighted by Crippen LogP contribution is 2.34. The number of fused-ring (bicyclic) bond motifs is 11. The van der Waals surface area contributed by atoms with E-state index in [1.54, 1.807) is 11.3 Å². The summed E-state index contributed by atoms with van der Waals surface area (Å²) in [6.07, 6.45) is 4.87. The number of likely N-dealkylation sites (tertiary alicyclic amines) is 1. The molecule has 4 bridgehead atoms. The Labute approximate surface area is 261 Å². The summed E-state index contributed by atoms with van der Waals surface area (Å²) in [6.45, 7) is 15.1. The number of hydrogen-bond donors (Lipinski definition) is 3. The normalized spacial score (nSPS) is 23.1. The second-order valence-electron chi connectivity index (χ2n) is 14.3. The average molecular weight is 617 g/mol. The van der Waals surface area contributed by atoms with Gasteiger partial charge < -0.3 is 25.8 Å². The minimum atomic E-state index is -0.723. The van der Waals surface area contributed by atoms with Crippen molar-refractivity contribution in [1.82, 2.24) is 30.7 Å². The highest BCUT2D eigenvalue weighted by atomic mass is 32.1. The SMILES string of the molecule is Cc1sc2nc1CC(=O)NC1(CCN(C(=O)CC(C)(C)C)CC1)CC(=O)NCCC[C@H](NC(C)C)C(=O)N1CCC2CC1. The molecule has 5 heterocycles. The van der Waals surface area contributed by atoms with Gasteiger partial charge in [-0.05, 0) is 50.9 Å². The fourth-order valence-corrected chi connectivity index (χ4v) is 7.64. The lowest BCUT2D eigenvalue weighted by Crippen LogP contribution is -2.58. The van der Waals surface area contributed by atoms with E-state index in [4.69, 9.17) is 4.98 Å². The third kappa shape index (κ3) is 9.23. The third-order valence-electron chi connectivity index (χ3n) is 8.88. The van der Waals surface area contributed by atoms with Gasteiger partial charge in [-0.2, -0.15) is 0 Å². The lowest BCUT2D eigenvalue weighted by molar-refractivity contribution is -0.136. The number of nitrogens with zero attached hydrogens (tertiary/aromatic N) is 3. The first-order chi connectivity index (χ1) is 20.2. The Morgan fingerprint density at radius 1 is 1.07 bits per heavy atom. The number of nitrogens with one attached hydrogen (secondary N) is 3. The molecule has 1 atom stereocenters. The quantitative estimate of drug-likeness (QED) is 0.479. The number of carbonyl (C=O) groups is 4. The summed E-state index contributed by atoms with van der Waals surface area (Å²) in [5.74, 6) is 0.273. The topological polar surface area (TPSA) is 124 Å². The van der Waals surface area contributed by atoms with Gasteiger partial charge in [0.05, 0.1) is 28.7 Å². The zero-order chi connectivity index (χ0) is 31.4. The van der Waals surface area contributed by atoms with Gasteiger partial charge in [0.25, 0.3) is 0 Å². The predicted octanol–water partition coefficient (Wildman–Crippen LogP) is 3.28. The number of aromatic nitrogens is 1. The van der Waals surface area contributed by atoms with Crippen LogP contribution < -0.4 is 16.0 Å². The summed E-state index contributed by atoms with van der Waals surface area (Å²) in [6, 6.07) is -0.117. The smallest absolute Gasteiger partial charge is 0.239 e. The molecule has 0 radical (unpaired) electrons. The average Bonchev–Trinajstić information content (AvgIpc) is 3.28. The van der Waals surface area contributed by atoms with E-state index in [-0.39, 0.29) is 59.9 Å². The molecule has 0 saturated carbocycles. The molecule has 0 aromatic carbocycles. The molecule has 0 unspecified atom stereocenters. The predicted molar refractivity (Wildman–Crippen MR) is 169 cm³/mol. The molecule has 0 aliphatic carbocycles. The van der Waals surface area contributed by atoms with Crippen LogP contribution in [0.3, 0.4) is 0 Å². The van der Waals surface area contributed by atoms with E-state index < -0.39 is 5.54 Å². The summed E-state index contributed by atoms with van der Waals surface area (Å²) in [4.78, 5) is 62.9. The number of thiazole rings is 1. The standard InChI is InChI=1S/C32H52N6O4S/c1-21(2)34-24-8-7-13-33-27(40)19-32(11-16-37(17-12-32)28(41)20-31(4,5)6)36-26(39)18-25-22(3)43-29(35-25)23-9-14-38(15-10-23)30(24)42/h21,23-24,34H,7-20H2,1-6H3,(H,33,40)(H,36,39)/t24-/m0/s1. The molecule has 10 nitrogen and oxygen atoms in total. The van der Waals surface area contributed by atoms with E-state index in [2.05, 4.69) is 36.7 Å². The lowest BCUT2D eigenvalue weighted by Gasteiger charge is -2.42. The highest BCUT2D eigenvalue weighted by Gasteiger charge is 2.40. The highest BCUT2D eigenvalue weighted by molar-refractivity contribution is 7.11. The van der Waals surface area contributed by atoms with Crippen LogP contribution in [-0.2, 0) is 25.6 Å². The van der Waals surface area contributed by atoms with Crippen molar-refractivity contribution in [3.8, 4) is 0 Å². The molecule has 4 aliphatic rings. The first-order valence-electron chi connectivity index (χ1n) is 16.1. The van der Waals surface area contributed by atoms with Crippen molar-refractivity contribution in [3.05, 3.63) is 15.6 Å². The van der Waals surface area contributed by atoms with Crippen molar-refractivity contribution in [2.45, 2.75) is 123 Å². The summed E-state index contributed by atoms with van der Waals surface area (Å²) in [7, 11) is 0. The van der Waals surface area contributed by atoms with Crippen LogP contribution in [0.25, 0.3) is 0 Å². The maximum atomic E-state index is 13.5. The second-order valence-corrected chi connectivity index (χ2v) is 15.6. The van der Waals surface area contributed by atoms with Crippen molar-refractivity contribution < 1.29 is 19.2 Å². The van der Waals surface area contributed by atoms with Gasteiger partial charge in [0.2, 0.25) is 23.6 Å². The largest absolute Gasteiger partial charge is 0.356 e. The summed E-state index contributed by atoms with van der Waals surface area (Å²) in [5, 5.41) is 10.8. The molecule has 43 heavy (non-hydrogen) atoms. The molecule has 4 aliphatic heterocycles. The minimum absolute atomic E-state index is 0.103. The molecule has 1 spiro atoms. The van der Waals surface area contributed by atoms with Gasteiger partial charge in [0.1, 0.15) is 0 Å². The lowest BCUT2D eigenvalue weighted by atomic mass is 9.83. The molecular weight excluding hydrogens is 564 g/mol. The Morgan fingerprint density at radius 3 is 2.37 bits per heavy atom. The summed E-state index contributed by atoms with van der Waals surface area (Å²) in [5.41, 5.74) is -0.0411. The van der Waals surface area contributed by atoms with Crippen LogP contribution in [0, 0.1) is 12.3 Å². The van der Waals surface area contributed by atoms with E-state index in [0.717, 1.165) is 28.4 Å². The van der Waals surface area contributed by atoms with Gasteiger partial charge in [0, 0.05) is 62.4 Å². The van der Waals surface area contributed by atoms with Crippen molar-refractivity contribution in [2.24, 2.45) is 5.41 Å². The fourth-order valence-electron chi connectivity index (χ4n) is 6.53. The molecular formula is C32H52N6O4S. The van der Waals surface area contributed by atoms with E-state index in [1.165, 1.54) is 0 Å². The maximum Gasteiger partial charge on any atom is 0.239 e. The first kappa shape index (κ1) is 33.4. The van der Waals surface area contributed by atoms with Gasteiger partial charge in [-0.1, -0.05) is 34.6 Å². The Hall–Kier alpha value is -2.53. The Balaban J connectivity index is 1.53. The van der Waals surface area contributed by atoms with Crippen LogP contribution in [0.1, 0.15) is 107 Å². The van der Waals surface area contributed by atoms with Crippen LogP contribution in [0.2, 0.25) is 0 Å². The van der Waals surface area contributed by atoms with E-state index in [9.17, 15) is 19.2 Å². The molecule has 5 rings (SSSR count). The van der Waals surface area contributed by atoms with Crippen molar-refractivity contribution in [3.63, 3.8) is 0 Å². The molecule has 1 aromatic rings. The van der Waals surface area contributed by atoms with Crippen molar-refractivity contribution in [1.29, 1.82) is 0 Å². The van der Waals surface area contributed by atoms with E-state index in [0.29, 0.717) is 64.8 Å². The Morgan fingerprint density at radius 2 is 1.74 bits per heavy atom. The van der Waals surface area contributed by atoms with Crippen LogP contribution in [-0.4, -0.2) is 88.8 Å². The zero-order valence-corrected chi connectivity index (χ0v) is 27.8. The molecule has 4 amide bonds. The minimum Gasteiger partial charge on any atom is -0.356 e. The molecule has 240 valence electrons. The molecule has 3 N–H and O–H groups in total. The second kappa shape index (κ2) is 14.1. The number of amides is 4. The van der Waals surface area contributed by atoms with Crippen molar-refractivity contribution >= 4 is 35.0 Å². The number of hydrogen-bond acceptors (Lipinski definition) is 7. The Bertz CT molecular complexity index is 1160. The van der Waals surface area contributed by atoms with Crippen LogP contribution in [0.4, 0.5) is 0 Å². The third-order valence-corrected chi connectivity index (χ3v) is 10.1. The molecule has 11 heteroatoms. The number of carbonyl (C=O) groups excluding carboxylic acids is 4. The van der Waals surface area contributed by atoms with Gasteiger partial charge in [0.15, 0.2) is 0 Å². The van der Waals surface area contributed by atoms with Crippen LogP contribution in [0.5, 0.6) is 0 Å². The van der Waals surface area contributed by atoms with Gasteiger partial charge >= 0.3 is 0 Å². The van der Waals surface area contributed by atoms with Crippen molar-refractivity contribution in [2.75, 3.05) is 32.7 Å². The van der Waals surface area contributed by atoms with Gasteiger partial charge in [-0.25, -0.2) is 4.98 Å². The monoisotopic (exact) mass is 616 g/mol. The first-order valence-corrected chi connectivity index (χ1v) is 16.9. The number of piperidine rings is 2.